The second-order valence-electron chi connectivity index (χ2n) is 7.50. The first-order valence-corrected chi connectivity index (χ1v) is 10.0. The topological polar surface area (TPSA) is 83.3 Å². The third kappa shape index (κ3) is 5.24. The maximum absolute atomic E-state index is 9.54. The molecule has 1 aromatic heterocycles. The van der Waals surface area contributed by atoms with Gasteiger partial charge in [-0.3, -0.25) is 4.98 Å². The van der Waals surface area contributed by atoms with E-state index in [0.717, 1.165) is 35.6 Å². The Morgan fingerprint density at radius 1 is 0.815 bits per heavy atom. The van der Waals surface area contributed by atoms with Gasteiger partial charge >= 0.3 is 0 Å². The molecule has 0 bridgehead atoms. The Kier molecular flexibility index (Phi) is 8.60. The quantitative estimate of drug-likeness (QED) is 0.566. The number of pyridine rings is 1. The molecule has 1 aromatic rings. The Morgan fingerprint density at radius 3 is 1.89 bits per heavy atom. The number of hydrogen-bond donors (Lipinski definition) is 3. The van der Waals surface area contributed by atoms with Gasteiger partial charge in [0.1, 0.15) is 0 Å². The highest BCUT2D eigenvalue weighted by Crippen LogP contribution is 2.44. The highest BCUT2D eigenvalue weighted by Gasteiger charge is 2.28. The van der Waals surface area contributed by atoms with Crippen LogP contribution in [0, 0.1) is 0 Å². The Balaban J connectivity index is 2.61. The standard InChI is InChI=1S/C20H36N4O3/c1-22(9-12-25)17-15-21-18(16-7-5-4-6-8-16)20(24(3)11-14-27)19(17)23(2)10-13-26/h15-16,25-27H,4-14H2,1-3H3. The predicted molar refractivity (Wildman–Crippen MR) is 111 cm³/mol. The zero-order valence-electron chi connectivity index (χ0n) is 17.1. The van der Waals surface area contributed by atoms with Crippen molar-refractivity contribution in [3.63, 3.8) is 0 Å². The van der Waals surface area contributed by atoms with Gasteiger partial charge in [0, 0.05) is 46.7 Å². The van der Waals surface area contributed by atoms with Crippen LogP contribution in [0.25, 0.3) is 0 Å². The molecule has 27 heavy (non-hydrogen) atoms. The Morgan fingerprint density at radius 2 is 1.33 bits per heavy atom. The van der Waals surface area contributed by atoms with Crippen LogP contribution in [0.3, 0.4) is 0 Å². The van der Waals surface area contributed by atoms with Gasteiger partial charge in [0.15, 0.2) is 0 Å². The molecule has 0 amide bonds. The van der Waals surface area contributed by atoms with Crippen LogP contribution < -0.4 is 14.7 Å². The minimum absolute atomic E-state index is 0.0594. The van der Waals surface area contributed by atoms with E-state index < -0.39 is 0 Å². The largest absolute Gasteiger partial charge is 0.395 e. The summed E-state index contributed by atoms with van der Waals surface area (Å²) in [6.45, 7) is 1.73. The lowest BCUT2D eigenvalue weighted by atomic mass is 9.85. The SMILES string of the molecule is CN(CCO)c1cnc(C2CCCCC2)c(N(C)CCO)c1N(C)CCO. The maximum Gasteiger partial charge on any atom is 0.0874 e. The van der Waals surface area contributed by atoms with E-state index in [9.17, 15) is 15.3 Å². The van der Waals surface area contributed by atoms with Crippen molar-refractivity contribution in [1.82, 2.24) is 4.98 Å². The Hall–Kier alpha value is -1.57. The molecule has 0 saturated heterocycles. The minimum atomic E-state index is 0.0594. The van der Waals surface area contributed by atoms with Crippen LogP contribution in [0.2, 0.25) is 0 Å². The van der Waals surface area contributed by atoms with Gasteiger partial charge in [-0.05, 0) is 12.8 Å². The fraction of sp³-hybridized carbons (Fsp3) is 0.750. The van der Waals surface area contributed by atoms with Crippen LogP contribution in [-0.2, 0) is 0 Å². The minimum Gasteiger partial charge on any atom is -0.395 e. The summed E-state index contributed by atoms with van der Waals surface area (Å²) in [7, 11) is 5.91. The van der Waals surface area contributed by atoms with Crippen molar-refractivity contribution in [2.24, 2.45) is 0 Å². The number of likely N-dealkylation sites (N-methyl/N-ethyl adjacent to an activating group) is 3. The van der Waals surface area contributed by atoms with E-state index in [1.54, 1.807) is 0 Å². The lowest BCUT2D eigenvalue weighted by molar-refractivity contribution is 0.302. The number of nitrogens with zero attached hydrogens (tertiary/aromatic N) is 4. The second-order valence-corrected chi connectivity index (χ2v) is 7.50. The number of anilines is 3. The molecule has 1 aliphatic carbocycles. The first-order chi connectivity index (χ1) is 13.0. The molecule has 1 fully saturated rings. The van der Waals surface area contributed by atoms with Crippen LogP contribution in [0.4, 0.5) is 17.1 Å². The molecule has 7 nitrogen and oxygen atoms in total. The molecule has 0 unspecified atom stereocenters. The predicted octanol–water partition coefficient (Wildman–Crippen LogP) is 1.41. The average Bonchev–Trinajstić information content (AvgIpc) is 2.68. The summed E-state index contributed by atoms with van der Waals surface area (Å²) < 4.78 is 0. The third-order valence-corrected chi connectivity index (χ3v) is 5.51. The zero-order chi connectivity index (χ0) is 19.8. The molecule has 0 spiro atoms. The van der Waals surface area contributed by atoms with Crippen LogP contribution in [0.5, 0.6) is 0 Å². The number of aliphatic hydroxyl groups excluding tert-OH is 3. The van der Waals surface area contributed by atoms with Crippen LogP contribution >= 0.6 is 0 Å². The molecule has 1 saturated carbocycles. The summed E-state index contributed by atoms with van der Waals surface area (Å²) >= 11 is 0. The average molecular weight is 381 g/mol. The van der Waals surface area contributed by atoms with Gasteiger partial charge in [-0.2, -0.15) is 0 Å². The zero-order valence-corrected chi connectivity index (χ0v) is 17.1. The third-order valence-electron chi connectivity index (χ3n) is 5.51. The van der Waals surface area contributed by atoms with E-state index in [1.165, 1.54) is 19.3 Å². The first-order valence-electron chi connectivity index (χ1n) is 10.0. The van der Waals surface area contributed by atoms with E-state index in [1.807, 2.05) is 32.2 Å². The highest BCUT2D eigenvalue weighted by atomic mass is 16.3. The van der Waals surface area contributed by atoms with Gasteiger partial charge in [-0.15, -0.1) is 0 Å². The molecule has 0 aromatic carbocycles. The summed E-state index contributed by atoms with van der Waals surface area (Å²) in [5, 5.41) is 28.4. The Bertz CT molecular complexity index is 579. The van der Waals surface area contributed by atoms with Gasteiger partial charge in [0.05, 0.1) is 48.8 Å². The number of hydrogen-bond acceptors (Lipinski definition) is 7. The molecular formula is C20H36N4O3. The van der Waals surface area contributed by atoms with Crippen molar-refractivity contribution in [2.45, 2.75) is 38.0 Å². The molecule has 2 rings (SSSR count). The monoisotopic (exact) mass is 380 g/mol. The van der Waals surface area contributed by atoms with Crippen molar-refractivity contribution in [1.29, 1.82) is 0 Å². The van der Waals surface area contributed by atoms with Gasteiger partial charge < -0.3 is 30.0 Å². The maximum atomic E-state index is 9.54. The summed E-state index contributed by atoms with van der Waals surface area (Å²) in [5.41, 5.74) is 4.06. The first kappa shape index (κ1) is 21.7. The van der Waals surface area contributed by atoms with Crippen molar-refractivity contribution < 1.29 is 15.3 Å². The summed E-state index contributed by atoms with van der Waals surface area (Å²) in [4.78, 5) is 11.0. The van der Waals surface area contributed by atoms with E-state index >= 15 is 0 Å². The summed E-state index contributed by atoms with van der Waals surface area (Å²) in [6.07, 6.45) is 7.92. The van der Waals surface area contributed by atoms with Gasteiger partial charge in [0.2, 0.25) is 0 Å². The molecule has 1 heterocycles. The molecule has 3 N–H and O–H groups in total. The van der Waals surface area contributed by atoms with Crippen molar-refractivity contribution >= 4 is 17.1 Å². The van der Waals surface area contributed by atoms with E-state index in [2.05, 4.69) is 9.80 Å². The molecule has 1 aliphatic rings. The second kappa shape index (κ2) is 10.7. The van der Waals surface area contributed by atoms with E-state index in [0.29, 0.717) is 25.6 Å². The van der Waals surface area contributed by atoms with E-state index in [-0.39, 0.29) is 19.8 Å². The van der Waals surface area contributed by atoms with Crippen molar-refractivity contribution in [2.75, 3.05) is 75.3 Å². The molecule has 154 valence electrons. The lowest BCUT2D eigenvalue weighted by Gasteiger charge is -2.35. The van der Waals surface area contributed by atoms with Gasteiger partial charge in [-0.25, -0.2) is 0 Å². The highest BCUT2D eigenvalue weighted by molar-refractivity contribution is 5.85. The Labute approximate surface area is 163 Å². The van der Waals surface area contributed by atoms with E-state index in [4.69, 9.17) is 4.98 Å². The summed E-state index contributed by atoms with van der Waals surface area (Å²) in [6, 6.07) is 0. The molecule has 0 atom stereocenters. The number of rotatable bonds is 10. The molecular weight excluding hydrogens is 344 g/mol. The van der Waals surface area contributed by atoms with Crippen LogP contribution in [0.1, 0.15) is 43.7 Å². The number of aromatic nitrogens is 1. The molecule has 7 heteroatoms. The van der Waals surface area contributed by atoms with Crippen molar-refractivity contribution in [3.8, 4) is 0 Å². The van der Waals surface area contributed by atoms with Crippen LogP contribution in [0.15, 0.2) is 6.20 Å². The van der Waals surface area contributed by atoms with Crippen LogP contribution in [-0.4, -0.2) is 80.9 Å². The smallest absolute Gasteiger partial charge is 0.0874 e. The fourth-order valence-corrected chi connectivity index (χ4v) is 4.00. The van der Waals surface area contributed by atoms with Crippen molar-refractivity contribution in [3.05, 3.63) is 11.9 Å². The van der Waals surface area contributed by atoms with Gasteiger partial charge in [-0.1, -0.05) is 19.3 Å². The summed E-state index contributed by atoms with van der Waals surface area (Å²) in [5.74, 6) is 0.424. The molecule has 0 radical (unpaired) electrons. The lowest BCUT2D eigenvalue weighted by Crippen LogP contribution is -2.32. The fourth-order valence-electron chi connectivity index (χ4n) is 4.00. The molecule has 0 aliphatic heterocycles. The van der Waals surface area contributed by atoms with Gasteiger partial charge in [0.25, 0.3) is 0 Å². The normalized spacial score (nSPS) is 15.0. The number of aliphatic hydroxyl groups is 3.